The summed E-state index contributed by atoms with van der Waals surface area (Å²) < 4.78 is 2.43. The van der Waals surface area contributed by atoms with Crippen molar-refractivity contribution >= 4 is 66.6 Å². The molecule has 0 saturated carbocycles. The molecule has 2 aromatic carbocycles. The molecule has 0 amide bonds. The molecule has 1 aliphatic heterocycles. The van der Waals surface area contributed by atoms with Crippen LogP contribution >= 0.6 is 22.9 Å². The van der Waals surface area contributed by atoms with Gasteiger partial charge in [-0.15, -0.1) is 11.3 Å². The predicted molar refractivity (Wildman–Crippen MR) is 189 cm³/mol. The Morgan fingerprint density at radius 1 is 0.628 bits per heavy atom. The molecule has 212 valence electrons. The van der Waals surface area contributed by atoms with Gasteiger partial charge in [-0.25, -0.2) is 4.98 Å². The van der Waals surface area contributed by atoms with E-state index in [4.69, 9.17) is 16.6 Å². The van der Waals surface area contributed by atoms with Crippen LogP contribution in [0.25, 0.3) is 65.9 Å². The lowest BCUT2D eigenvalue weighted by Gasteiger charge is -2.13. The highest BCUT2D eigenvalue weighted by molar-refractivity contribution is 7.24. The zero-order chi connectivity index (χ0) is 30.0. The third-order valence-electron chi connectivity index (χ3n) is 8.37. The van der Waals surface area contributed by atoms with Gasteiger partial charge in [0.25, 0.3) is 0 Å². The highest BCUT2D eigenvalue weighted by Gasteiger charge is 2.18. The molecule has 7 rings (SSSR count). The summed E-state index contributed by atoms with van der Waals surface area (Å²) >= 11 is 8.57. The van der Waals surface area contributed by atoms with Gasteiger partial charge in [-0.3, -0.25) is 0 Å². The summed E-state index contributed by atoms with van der Waals surface area (Å²) in [4.78, 5) is 8.91. The molecule has 2 aliphatic rings. The van der Waals surface area contributed by atoms with Crippen molar-refractivity contribution in [1.82, 2.24) is 9.97 Å². The monoisotopic (exact) mass is 596 g/mol. The number of aromatic amines is 1. The van der Waals surface area contributed by atoms with Gasteiger partial charge in [0.05, 0.1) is 11.4 Å². The highest BCUT2D eigenvalue weighted by Crippen LogP contribution is 2.42. The minimum absolute atomic E-state index is 0.724. The van der Waals surface area contributed by atoms with E-state index in [1.165, 1.54) is 65.0 Å². The Morgan fingerprint density at radius 2 is 1.23 bits per heavy atom. The number of aromatic nitrogens is 2. The maximum Gasteiger partial charge on any atom is 0.0730 e. The van der Waals surface area contributed by atoms with Crippen molar-refractivity contribution in [3.05, 3.63) is 123 Å². The van der Waals surface area contributed by atoms with E-state index in [0.717, 1.165) is 38.6 Å². The minimum atomic E-state index is 0.724. The van der Waals surface area contributed by atoms with E-state index in [2.05, 4.69) is 125 Å². The lowest BCUT2D eigenvalue weighted by Crippen LogP contribution is -1.92. The fourth-order valence-electron chi connectivity index (χ4n) is 6.82. The molecule has 0 unspecified atom stereocenters. The van der Waals surface area contributed by atoms with Gasteiger partial charge in [-0.1, -0.05) is 47.0 Å². The molecule has 3 aromatic heterocycles. The average Bonchev–Trinajstić information content (AvgIpc) is 3.73. The number of H-pyrrole nitrogens is 1. The molecule has 1 N–H and O–H groups in total. The minimum Gasteiger partial charge on any atom is -0.355 e. The Balaban J connectivity index is 1.68. The average molecular weight is 597 g/mol. The number of nitrogens with zero attached hydrogens (tertiary/aromatic N) is 1. The molecule has 0 saturated heterocycles. The Hall–Kier alpha value is -4.18. The van der Waals surface area contributed by atoms with Gasteiger partial charge >= 0.3 is 0 Å². The molecular weight excluding hydrogens is 564 g/mol. The predicted octanol–water partition coefficient (Wildman–Crippen LogP) is 11.7. The van der Waals surface area contributed by atoms with E-state index in [0.29, 0.717) is 0 Å². The second kappa shape index (κ2) is 10.5. The van der Waals surface area contributed by atoms with E-state index >= 15 is 0 Å². The first-order chi connectivity index (χ1) is 20.6. The molecule has 8 bridgehead atoms. The van der Waals surface area contributed by atoms with Gasteiger partial charge in [0.15, 0.2) is 0 Å². The highest BCUT2D eigenvalue weighted by atomic mass is 35.5. The van der Waals surface area contributed by atoms with Crippen molar-refractivity contribution in [2.45, 2.75) is 41.5 Å². The third-order valence-corrected chi connectivity index (χ3v) is 9.81. The maximum absolute atomic E-state index is 6.74. The van der Waals surface area contributed by atoms with Crippen LogP contribution in [0.2, 0.25) is 0 Å². The van der Waals surface area contributed by atoms with Crippen molar-refractivity contribution in [2.75, 3.05) is 0 Å². The van der Waals surface area contributed by atoms with E-state index < -0.39 is 0 Å². The molecule has 0 atom stereocenters. The number of nitrogens with one attached hydrogen (secondary N) is 1. The van der Waals surface area contributed by atoms with Crippen molar-refractivity contribution in [3.63, 3.8) is 0 Å². The number of aryl methyl sites for hydroxylation is 6. The van der Waals surface area contributed by atoms with E-state index in [-0.39, 0.29) is 0 Å². The van der Waals surface area contributed by atoms with Crippen molar-refractivity contribution in [3.8, 4) is 22.3 Å². The zero-order valence-electron chi connectivity index (χ0n) is 25.3. The third kappa shape index (κ3) is 4.97. The molecule has 4 heterocycles. The number of thiophene rings is 1. The van der Waals surface area contributed by atoms with Crippen molar-refractivity contribution < 1.29 is 0 Å². The molecule has 1 aliphatic carbocycles. The fourth-order valence-corrected chi connectivity index (χ4v) is 8.18. The van der Waals surface area contributed by atoms with Crippen LogP contribution in [-0.2, 0) is 0 Å². The summed E-state index contributed by atoms with van der Waals surface area (Å²) in [5.41, 5.74) is 18.6. The molecule has 0 radical (unpaired) electrons. The molecule has 0 fully saturated rings. The van der Waals surface area contributed by atoms with E-state index in [9.17, 15) is 0 Å². The lowest BCUT2D eigenvalue weighted by atomic mass is 9.93. The number of hydrogen-bond donors (Lipinski definition) is 1. The summed E-state index contributed by atoms with van der Waals surface area (Å²) in [6, 6.07) is 24.4. The van der Waals surface area contributed by atoms with Gasteiger partial charge in [0.1, 0.15) is 0 Å². The smallest absolute Gasteiger partial charge is 0.0730 e. The standard InChI is InChI=1S/C39H33ClN2S/c1-21-13-23(3)36(24(4)14-21)38-32-9-7-29(41-32)18-27-17-28(31(40)19-27)20-30-8-10-33(42-30)39(35-12-11-34(38)43-35)37-25(5)15-22(2)16-26(37)6/h7-20,41H,1-6H3. The van der Waals surface area contributed by atoms with Crippen LogP contribution in [0.15, 0.2) is 66.7 Å². The molecule has 0 spiro atoms. The summed E-state index contributed by atoms with van der Waals surface area (Å²) in [5.74, 6) is 0. The number of fused-ring (bicyclic) bond motifs is 8. The topological polar surface area (TPSA) is 28.7 Å². The second-order valence-corrected chi connectivity index (χ2v) is 13.4. The Labute approximate surface area is 262 Å². The van der Waals surface area contributed by atoms with Gasteiger partial charge < -0.3 is 4.98 Å². The van der Waals surface area contributed by atoms with Crippen molar-refractivity contribution in [2.24, 2.45) is 0 Å². The van der Waals surface area contributed by atoms with Crippen LogP contribution in [0, 0.1) is 41.5 Å². The fraction of sp³-hybridized carbons (Fsp3) is 0.154. The first-order valence-corrected chi connectivity index (χ1v) is 15.8. The molecular formula is C39H33ClN2S. The van der Waals surface area contributed by atoms with Crippen LogP contribution in [0.5, 0.6) is 0 Å². The molecule has 43 heavy (non-hydrogen) atoms. The lowest BCUT2D eigenvalue weighted by molar-refractivity contribution is 1.29. The number of benzene rings is 2. The number of rotatable bonds is 2. The Bertz CT molecular complexity index is 2160. The second-order valence-electron chi connectivity index (χ2n) is 11.9. The van der Waals surface area contributed by atoms with Crippen LogP contribution in [-0.4, -0.2) is 9.97 Å². The van der Waals surface area contributed by atoms with Crippen LogP contribution in [0.1, 0.15) is 55.9 Å². The molecule has 5 aromatic rings. The first kappa shape index (κ1) is 27.6. The quantitative estimate of drug-likeness (QED) is 0.211. The van der Waals surface area contributed by atoms with Crippen molar-refractivity contribution in [1.29, 1.82) is 0 Å². The van der Waals surface area contributed by atoms with Gasteiger partial charge in [0, 0.05) is 36.6 Å². The van der Waals surface area contributed by atoms with E-state index in [1.807, 2.05) is 17.4 Å². The molecule has 2 nitrogen and oxygen atoms in total. The van der Waals surface area contributed by atoms with Crippen LogP contribution < -0.4 is 0 Å². The maximum atomic E-state index is 6.74. The Kier molecular flexibility index (Phi) is 6.76. The van der Waals surface area contributed by atoms with E-state index in [1.54, 1.807) is 0 Å². The number of halogens is 1. The first-order valence-electron chi connectivity index (χ1n) is 14.6. The van der Waals surface area contributed by atoms with Crippen LogP contribution in [0.4, 0.5) is 0 Å². The largest absolute Gasteiger partial charge is 0.355 e. The summed E-state index contributed by atoms with van der Waals surface area (Å²) in [7, 11) is 0. The number of hydrogen-bond acceptors (Lipinski definition) is 2. The summed E-state index contributed by atoms with van der Waals surface area (Å²) in [6.45, 7) is 13.2. The normalized spacial score (nSPS) is 12.6. The van der Waals surface area contributed by atoms with Gasteiger partial charge in [-0.05, 0) is 147 Å². The zero-order valence-corrected chi connectivity index (χ0v) is 26.9. The SMILES string of the molecule is Cc1cc(C)c(-c2c3nc(cc4cc(cc5ccc([nH]5)c(-c5c(C)cc(C)cc5C)c5ccc2s5)C=C4Cl)C=C3)c(C)c1. The Morgan fingerprint density at radius 3 is 1.88 bits per heavy atom. The van der Waals surface area contributed by atoms with Gasteiger partial charge in [-0.2, -0.15) is 0 Å². The summed E-state index contributed by atoms with van der Waals surface area (Å²) in [5, 5.41) is 0.724. The van der Waals surface area contributed by atoms with Crippen LogP contribution in [0.3, 0.4) is 0 Å². The molecule has 4 heteroatoms. The van der Waals surface area contributed by atoms with Gasteiger partial charge in [0.2, 0.25) is 0 Å². The summed E-state index contributed by atoms with van der Waals surface area (Å²) in [6.07, 6.45) is 6.27.